The SMILES string of the molecule is CC(=O)NCC1CC1c1cccn2nc(C)cc12. The lowest BCUT2D eigenvalue weighted by Crippen LogP contribution is -2.22. The van der Waals surface area contributed by atoms with Crippen molar-refractivity contribution >= 4 is 11.4 Å². The van der Waals surface area contributed by atoms with Crippen LogP contribution in [0.3, 0.4) is 0 Å². The van der Waals surface area contributed by atoms with E-state index in [9.17, 15) is 4.79 Å². The third-order valence-electron chi connectivity index (χ3n) is 3.59. The number of rotatable bonds is 3. The van der Waals surface area contributed by atoms with Gasteiger partial charge in [-0.15, -0.1) is 0 Å². The Hall–Kier alpha value is -1.84. The molecule has 2 unspecified atom stereocenters. The number of hydrogen-bond acceptors (Lipinski definition) is 2. The largest absolute Gasteiger partial charge is 0.356 e. The normalized spacial score (nSPS) is 22.1. The second-order valence-electron chi connectivity index (χ2n) is 5.12. The molecule has 1 N–H and O–H groups in total. The molecule has 0 aromatic carbocycles. The highest BCUT2D eigenvalue weighted by atomic mass is 16.1. The van der Waals surface area contributed by atoms with Crippen LogP contribution in [-0.4, -0.2) is 22.1 Å². The van der Waals surface area contributed by atoms with Gasteiger partial charge in [-0.3, -0.25) is 4.79 Å². The molecule has 4 heteroatoms. The van der Waals surface area contributed by atoms with Crippen LogP contribution in [0.4, 0.5) is 0 Å². The van der Waals surface area contributed by atoms with Crippen LogP contribution in [-0.2, 0) is 4.79 Å². The van der Waals surface area contributed by atoms with E-state index in [4.69, 9.17) is 0 Å². The maximum atomic E-state index is 10.9. The number of hydrogen-bond donors (Lipinski definition) is 1. The van der Waals surface area contributed by atoms with Crippen molar-refractivity contribution in [3.63, 3.8) is 0 Å². The minimum atomic E-state index is 0.0547. The maximum absolute atomic E-state index is 10.9. The number of nitrogens with one attached hydrogen (secondary N) is 1. The lowest BCUT2D eigenvalue weighted by atomic mass is 10.1. The number of nitrogens with zero attached hydrogens (tertiary/aromatic N) is 2. The Morgan fingerprint density at radius 2 is 2.44 bits per heavy atom. The van der Waals surface area contributed by atoms with E-state index >= 15 is 0 Å². The van der Waals surface area contributed by atoms with Crippen LogP contribution in [0.1, 0.15) is 30.5 Å². The zero-order valence-electron chi connectivity index (χ0n) is 10.7. The lowest BCUT2D eigenvalue weighted by molar-refractivity contribution is -0.119. The highest BCUT2D eigenvalue weighted by molar-refractivity contribution is 5.72. The van der Waals surface area contributed by atoms with Gasteiger partial charge in [-0.25, -0.2) is 4.52 Å². The van der Waals surface area contributed by atoms with E-state index < -0.39 is 0 Å². The second kappa shape index (κ2) is 4.12. The van der Waals surface area contributed by atoms with Gasteiger partial charge in [0.1, 0.15) is 0 Å². The van der Waals surface area contributed by atoms with Gasteiger partial charge in [0, 0.05) is 19.7 Å². The van der Waals surface area contributed by atoms with E-state index in [2.05, 4.69) is 22.5 Å². The van der Waals surface area contributed by atoms with Crippen LogP contribution >= 0.6 is 0 Å². The summed E-state index contributed by atoms with van der Waals surface area (Å²) in [7, 11) is 0. The number of fused-ring (bicyclic) bond motifs is 1. The van der Waals surface area contributed by atoms with E-state index in [0.29, 0.717) is 11.8 Å². The molecule has 0 bridgehead atoms. The number of amides is 1. The fourth-order valence-electron chi connectivity index (χ4n) is 2.60. The molecule has 1 aliphatic carbocycles. The molecule has 1 fully saturated rings. The van der Waals surface area contributed by atoms with Crippen LogP contribution in [0.15, 0.2) is 24.4 Å². The summed E-state index contributed by atoms with van der Waals surface area (Å²) in [5.41, 5.74) is 3.60. The molecule has 0 spiro atoms. The quantitative estimate of drug-likeness (QED) is 0.894. The molecule has 2 aromatic heterocycles. The molecule has 2 atom stereocenters. The number of carbonyl (C=O) groups is 1. The van der Waals surface area contributed by atoms with Crippen LogP contribution in [0, 0.1) is 12.8 Å². The van der Waals surface area contributed by atoms with Crippen molar-refractivity contribution in [3.8, 4) is 0 Å². The smallest absolute Gasteiger partial charge is 0.216 e. The molecule has 1 saturated carbocycles. The third kappa shape index (κ3) is 1.98. The summed E-state index contributed by atoms with van der Waals surface area (Å²) in [6.07, 6.45) is 3.14. The van der Waals surface area contributed by atoms with Gasteiger partial charge in [-0.05, 0) is 42.9 Å². The zero-order valence-corrected chi connectivity index (χ0v) is 10.7. The Morgan fingerprint density at radius 1 is 1.61 bits per heavy atom. The maximum Gasteiger partial charge on any atom is 0.216 e. The first-order valence-corrected chi connectivity index (χ1v) is 6.34. The average molecular weight is 243 g/mol. The second-order valence-corrected chi connectivity index (χ2v) is 5.12. The highest BCUT2D eigenvalue weighted by Crippen LogP contribution is 2.48. The van der Waals surface area contributed by atoms with Gasteiger partial charge in [-0.2, -0.15) is 5.10 Å². The molecule has 18 heavy (non-hydrogen) atoms. The summed E-state index contributed by atoms with van der Waals surface area (Å²) in [5, 5.41) is 7.33. The monoisotopic (exact) mass is 243 g/mol. The van der Waals surface area contributed by atoms with Gasteiger partial charge in [0.05, 0.1) is 11.2 Å². The molecule has 94 valence electrons. The van der Waals surface area contributed by atoms with Crippen LogP contribution in [0.2, 0.25) is 0 Å². The van der Waals surface area contributed by atoms with Gasteiger partial charge in [0.15, 0.2) is 0 Å². The van der Waals surface area contributed by atoms with Crippen molar-refractivity contribution < 1.29 is 4.79 Å². The fourth-order valence-corrected chi connectivity index (χ4v) is 2.60. The molecule has 2 heterocycles. The number of aromatic nitrogens is 2. The zero-order chi connectivity index (χ0) is 12.7. The van der Waals surface area contributed by atoms with Gasteiger partial charge in [-0.1, -0.05) is 6.07 Å². The van der Waals surface area contributed by atoms with Crippen LogP contribution in [0.5, 0.6) is 0 Å². The number of carbonyl (C=O) groups excluding carboxylic acids is 1. The van der Waals surface area contributed by atoms with Crippen molar-refractivity contribution in [3.05, 3.63) is 35.7 Å². The Bertz CT molecular complexity index is 602. The van der Waals surface area contributed by atoms with Gasteiger partial charge >= 0.3 is 0 Å². The molecule has 1 aliphatic rings. The van der Waals surface area contributed by atoms with Gasteiger partial charge in [0.25, 0.3) is 0 Å². The van der Waals surface area contributed by atoms with E-state index in [0.717, 1.165) is 18.7 Å². The lowest BCUT2D eigenvalue weighted by Gasteiger charge is -2.04. The van der Waals surface area contributed by atoms with Gasteiger partial charge in [0.2, 0.25) is 5.91 Å². The summed E-state index contributed by atoms with van der Waals surface area (Å²) in [4.78, 5) is 10.9. The molecular formula is C14H17N3O. The number of aryl methyl sites for hydroxylation is 1. The van der Waals surface area contributed by atoms with E-state index in [-0.39, 0.29) is 5.91 Å². The number of pyridine rings is 1. The van der Waals surface area contributed by atoms with Crippen LogP contribution in [0.25, 0.3) is 5.52 Å². The summed E-state index contributed by atoms with van der Waals surface area (Å²) in [6.45, 7) is 4.37. The standard InChI is InChI=1S/C14H17N3O/c1-9-6-14-12(4-3-5-17(14)16-9)13-7-11(13)8-15-10(2)18/h3-6,11,13H,7-8H2,1-2H3,(H,15,18). The van der Waals surface area contributed by atoms with Crippen molar-refractivity contribution in [2.75, 3.05) is 6.54 Å². The predicted octanol–water partition coefficient (Wildman–Crippen LogP) is 1.88. The first-order chi connectivity index (χ1) is 8.65. The minimum Gasteiger partial charge on any atom is -0.356 e. The predicted molar refractivity (Wildman–Crippen MR) is 69.5 cm³/mol. The molecule has 4 nitrogen and oxygen atoms in total. The highest BCUT2D eigenvalue weighted by Gasteiger charge is 2.39. The molecule has 3 rings (SSSR count). The minimum absolute atomic E-state index is 0.0547. The Labute approximate surface area is 106 Å². The Morgan fingerprint density at radius 3 is 3.22 bits per heavy atom. The first kappa shape index (κ1) is 11.3. The fraction of sp³-hybridized carbons (Fsp3) is 0.429. The molecule has 0 aliphatic heterocycles. The van der Waals surface area contributed by atoms with Crippen molar-refractivity contribution in [2.45, 2.75) is 26.2 Å². The van der Waals surface area contributed by atoms with E-state index in [1.807, 2.05) is 23.7 Å². The molecule has 2 aromatic rings. The average Bonchev–Trinajstić information content (AvgIpc) is 2.98. The Balaban J connectivity index is 1.81. The molecular weight excluding hydrogens is 226 g/mol. The summed E-state index contributed by atoms with van der Waals surface area (Å²) in [6, 6.07) is 6.35. The molecule has 1 amide bonds. The van der Waals surface area contributed by atoms with Crippen molar-refractivity contribution in [1.29, 1.82) is 0 Å². The first-order valence-electron chi connectivity index (χ1n) is 6.34. The summed E-state index contributed by atoms with van der Waals surface area (Å²) in [5.74, 6) is 1.20. The van der Waals surface area contributed by atoms with Gasteiger partial charge < -0.3 is 5.32 Å². The van der Waals surface area contributed by atoms with Crippen LogP contribution < -0.4 is 5.32 Å². The van der Waals surface area contributed by atoms with E-state index in [1.165, 1.54) is 11.1 Å². The summed E-state index contributed by atoms with van der Waals surface area (Å²) >= 11 is 0. The Kier molecular flexibility index (Phi) is 2.58. The third-order valence-corrected chi connectivity index (χ3v) is 3.59. The summed E-state index contributed by atoms with van der Waals surface area (Å²) < 4.78 is 1.94. The topological polar surface area (TPSA) is 46.4 Å². The van der Waals surface area contributed by atoms with E-state index in [1.54, 1.807) is 6.92 Å². The molecule has 0 saturated heterocycles. The van der Waals surface area contributed by atoms with Crippen molar-refractivity contribution in [1.82, 2.24) is 14.9 Å². The van der Waals surface area contributed by atoms with Crippen molar-refractivity contribution in [2.24, 2.45) is 5.92 Å². The molecule has 0 radical (unpaired) electrons.